The Balaban J connectivity index is 1.88. The SMILES string of the molecule is Cc1c(-c2ccc(Cl)cc2)sc(C(=O)O)c1NC(=O)/C=C/c1ccc(O)c(O)c1. The number of phenolic OH excluding ortho intramolecular Hbond substituents is 2. The van der Waals surface area contributed by atoms with Crippen LogP contribution in [0.25, 0.3) is 16.5 Å². The molecule has 4 N–H and O–H groups in total. The summed E-state index contributed by atoms with van der Waals surface area (Å²) in [7, 11) is 0. The van der Waals surface area contributed by atoms with Crippen LogP contribution in [0, 0.1) is 6.92 Å². The quantitative estimate of drug-likeness (QED) is 0.332. The highest BCUT2D eigenvalue weighted by Crippen LogP contribution is 2.40. The number of aromatic carboxylic acids is 1. The van der Waals surface area contributed by atoms with Gasteiger partial charge in [0.2, 0.25) is 5.91 Å². The first kappa shape index (κ1) is 20.4. The van der Waals surface area contributed by atoms with Crippen molar-refractivity contribution in [1.29, 1.82) is 0 Å². The van der Waals surface area contributed by atoms with Crippen molar-refractivity contribution >= 4 is 46.6 Å². The Morgan fingerprint density at radius 2 is 1.76 bits per heavy atom. The number of rotatable bonds is 5. The minimum atomic E-state index is -1.14. The van der Waals surface area contributed by atoms with E-state index in [9.17, 15) is 24.9 Å². The van der Waals surface area contributed by atoms with Crippen LogP contribution in [-0.2, 0) is 4.79 Å². The topological polar surface area (TPSA) is 107 Å². The summed E-state index contributed by atoms with van der Waals surface area (Å²) in [5.74, 6) is -2.23. The van der Waals surface area contributed by atoms with Crippen molar-refractivity contribution in [3.8, 4) is 21.9 Å². The molecular weight excluding hydrogens is 414 g/mol. The normalized spacial score (nSPS) is 11.0. The van der Waals surface area contributed by atoms with Gasteiger partial charge in [-0.25, -0.2) is 4.79 Å². The first-order valence-corrected chi connectivity index (χ1v) is 9.59. The largest absolute Gasteiger partial charge is 0.504 e. The predicted octanol–water partition coefficient (Wildman–Crippen LogP) is 5.14. The molecular formula is C21H16ClNO5S. The van der Waals surface area contributed by atoms with Gasteiger partial charge >= 0.3 is 5.97 Å². The van der Waals surface area contributed by atoms with E-state index in [1.54, 1.807) is 31.2 Å². The van der Waals surface area contributed by atoms with Gasteiger partial charge in [-0.1, -0.05) is 29.8 Å². The highest BCUT2D eigenvalue weighted by Gasteiger charge is 2.22. The maximum Gasteiger partial charge on any atom is 0.348 e. The number of carboxylic acids is 1. The number of amides is 1. The smallest absolute Gasteiger partial charge is 0.348 e. The lowest BCUT2D eigenvalue weighted by Gasteiger charge is -2.05. The van der Waals surface area contributed by atoms with Crippen LogP contribution < -0.4 is 5.32 Å². The van der Waals surface area contributed by atoms with E-state index in [1.165, 1.54) is 30.4 Å². The highest BCUT2D eigenvalue weighted by atomic mass is 35.5. The van der Waals surface area contributed by atoms with Crippen LogP contribution in [0.5, 0.6) is 11.5 Å². The van der Waals surface area contributed by atoms with Crippen molar-refractivity contribution in [3.05, 3.63) is 69.6 Å². The van der Waals surface area contributed by atoms with E-state index in [-0.39, 0.29) is 22.1 Å². The van der Waals surface area contributed by atoms with E-state index in [4.69, 9.17) is 11.6 Å². The Kier molecular flexibility index (Phi) is 5.91. The maximum absolute atomic E-state index is 12.3. The standard InChI is InChI=1S/C21H16ClNO5S/c1-11-18(23-17(26)9-3-12-2-8-15(24)16(25)10-12)20(21(27)28)29-19(11)13-4-6-14(22)7-5-13/h2-10,24-25H,1H3,(H,23,26)(H,27,28)/b9-3+. The molecule has 6 nitrogen and oxygen atoms in total. The van der Waals surface area contributed by atoms with E-state index < -0.39 is 11.9 Å². The van der Waals surface area contributed by atoms with E-state index in [2.05, 4.69) is 5.32 Å². The average molecular weight is 430 g/mol. The molecule has 0 aliphatic heterocycles. The van der Waals surface area contributed by atoms with Gasteiger partial charge in [-0.15, -0.1) is 11.3 Å². The molecule has 0 aliphatic rings. The van der Waals surface area contributed by atoms with Crippen LogP contribution >= 0.6 is 22.9 Å². The maximum atomic E-state index is 12.3. The number of anilines is 1. The Morgan fingerprint density at radius 1 is 1.07 bits per heavy atom. The number of carbonyl (C=O) groups is 2. The van der Waals surface area contributed by atoms with Crippen LogP contribution in [-0.4, -0.2) is 27.2 Å². The number of phenols is 2. The van der Waals surface area contributed by atoms with Crippen molar-refractivity contribution in [2.45, 2.75) is 6.92 Å². The second-order valence-electron chi connectivity index (χ2n) is 6.14. The van der Waals surface area contributed by atoms with Crippen LogP contribution in [0.15, 0.2) is 48.5 Å². The first-order chi connectivity index (χ1) is 13.8. The molecule has 148 valence electrons. The van der Waals surface area contributed by atoms with Gasteiger partial charge < -0.3 is 20.6 Å². The van der Waals surface area contributed by atoms with Crippen LogP contribution in [0.2, 0.25) is 5.02 Å². The number of nitrogens with one attached hydrogen (secondary N) is 1. The zero-order chi connectivity index (χ0) is 21.1. The van der Waals surface area contributed by atoms with Gasteiger partial charge in [0, 0.05) is 16.0 Å². The van der Waals surface area contributed by atoms with Crippen molar-refractivity contribution in [1.82, 2.24) is 0 Å². The Bertz CT molecular complexity index is 1120. The molecule has 0 radical (unpaired) electrons. The minimum Gasteiger partial charge on any atom is -0.504 e. The summed E-state index contributed by atoms with van der Waals surface area (Å²) in [5.41, 5.74) is 2.17. The van der Waals surface area contributed by atoms with Crippen molar-refractivity contribution < 1.29 is 24.9 Å². The number of hydrogen-bond acceptors (Lipinski definition) is 5. The lowest BCUT2D eigenvalue weighted by atomic mass is 10.1. The third kappa shape index (κ3) is 4.59. The summed E-state index contributed by atoms with van der Waals surface area (Å²) in [6, 6.07) is 11.1. The van der Waals surface area contributed by atoms with Gasteiger partial charge in [-0.3, -0.25) is 4.79 Å². The number of carbonyl (C=O) groups excluding carboxylic acids is 1. The molecule has 1 amide bonds. The molecule has 0 atom stereocenters. The second kappa shape index (κ2) is 8.38. The minimum absolute atomic E-state index is 0.0245. The fourth-order valence-corrected chi connectivity index (χ4v) is 3.90. The highest BCUT2D eigenvalue weighted by molar-refractivity contribution is 7.18. The van der Waals surface area contributed by atoms with Crippen molar-refractivity contribution in [2.75, 3.05) is 5.32 Å². The fraction of sp³-hybridized carbons (Fsp3) is 0.0476. The van der Waals surface area contributed by atoms with E-state index in [0.29, 0.717) is 16.1 Å². The van der Waals surface area contributed by atoms with Crippen LogP contribution in [0.3, 0.4) is 0 Å². The molecule has 29 heavy (non-hydrogen) atoms. The summed E-state index contributed by atoms with van der Waals surface area (Å²) >= 11 is 6.98. The fourth-order valence-electron chi connectivity index (χ4n) is 2.67. The summed E-state index contributed by atoms with van der Waals surface area (Å²) < 4.78 is 0. The molecule has 0 aliphatic carbocycles. The Hall–Kier alpha value is -3.29. The number of hydrogen-bond donors (Lipinski definition) is 4. The number of benzene rings is 2. The molecule has 0 saturated carbocycles. The van der Waals surface area contributed by atoms with E-state index in [0.717, 1.165) is 21.8 Å². The van der Waals surface area contributed by atoms with E-state index in [1.807, 2.05) is 0 Å². The Morgan fingerprint density at radius 3 is 2.38 bits per heavy atom. The molecule has 3 aromatic rings. The van der Waals surface area contributed by atoms with E-state index >= 15 is 0 Å². The van der Waals surface area contributed by atoms with Gasteiger partial charge in [-0.05, 0) is 54.0 Å². The molecule has 0 fully saturated rings. The van der Waals surface area contributed by atoms with Gasteiger partial charge in [-0.2, -0.15) is 0 Å². The third-order valence-corrected chi connectivity index (χ3v) is 5.70. The monoisotopic (exact) mass is 429 g/mol. The molecule has 3 rings (SSSR count). The molecule has 0 spiro atoms. The van der Waals surface area contributed by atoms with Gasteiger partial charge in [0.05, 0.1) is 5.69 Å². The van der Waals surface area contributed by atoms with Crippen molar-refractivity contribution in [2.24, 2.45) is 0 Å². The lowest BCUT2D eigenvalue weighted by molar-refractivity contribution is -0.111. The Labute approximate surface area is 175 Å². The molecule has 2 aromatic carbocycles. The zero-order valence-corrected chi connectivity index (χ0v) is 16.7. The average Bonchev–Trinajstić information content (AvgIpc) is 3.00. The van der Waals surface area contributed by atoms with Gasteiger partial charge in [0.1, 0.15) is 4.88 Å². The summed E-state index contributed by atoms with van der Waals surface area (Å²) in [4.78, 5) is 24.8. The summed E-state index contributed by atoms with van der Waals surface area (Å²) in [6.07, 6.45) is 2.66. The zero-order valence-electron chi connectivity index (χ0n) is 15.1. The number of aromatic hydroxyl groups is 2. The number of thiophene rings is 1. The van der Waals surface area contributed by atoms with Gasteiger partial charge in [0.25, 0.3) is 0 Å². The summed E-state index contributed by atoms with van der Waals surface area (Å²) in [6.45, 7) is 1.74. The van der Waals surface area contributed by atoms with Crippen LogP contribution in [0.4, 0.5) is 5.69 Å². The second-order valence-corrected chi connectivity index (χ2v) is 7.60. The first-order valence-electron chi connectivity index (χ1n) is 8.40. The molecule has 0 bridgehead atoms. The summed E-state index contributed by atoms with van der Waals surface area (Å²) in [5, 5.41) is 31.6. The number of carboxylic acid groups (broad SMARTS) is 1. The number of halogens is 1. The molecule has 8 heteroatoms. The predicted molar refractivity (Wildman–Crippen MR) is 114 cm³/mol. The van der Waals surface area contributed by atoms with Gasteiger partial charge in [0.15, 0.2) is 11.5 Å². The van der Waals surface area contributed by atoms with Crippen LogP contribution in [0.1, 0.15) is 20.8 Å². The molecule has 0 unspecified atom stereocenters. The molecule has 0 saturated heterocycles. The van der Waals surface area contributed by atoms with Crippen molar-refractivity contribution in [3.63, 3.8) is 0 Å². The molecule has 1 aromatic heterocycles. The molecule has 1 heterocycles. The third-order valence-electron chi connectivity index (χ3n) is 4.12. The lowest BCUT2D eigenvalue weighted by Crippen LogP contribution is -2.11.